The fraction of sp³-hybridized carbons (Fsp3) is 0.500. The molecule has 172 valence electrons. The number of ether oxygens (including phenoxy) is 1. The number of fused-ring (bicyclic) bond motifs is 1. The zero-order valence-corrected chi connectivity index (χ0v) is 17.7. The van der Waals surface area contributed by atoms with Crippen LogP contribution in [0.3, 0.4) is 0 Å². The Kier molecular flexibility index (Phi) is 7.04. The summed E-state index contributed by atoms with van der Waals surface area (Å²) in [6.07, 6.45) is 0.0572. The predicted molar refractivity (Wildman–Crippen MR) is 112 cm³/mol. The second-order valence-electron chi connectivity index (χ2n) is 8.17. The van der Waals surface area contributed by atoms with Crippen LogP contribution in [0.2, 0.25) is 6.32 Å². The van der Waals surface area contributed by atoms with Crippen LogP contribution in [0.4, 0.5) is 0 Å². The predicted octanol–water partition coefficient (Wildman–Crippen LogP) is -0.812. The van der Waals surface area contributed by atoms with Gasteiger partial charge in [0.1, 0.15) is 23.2 Å². The van der Waals surface area contributed by atoms with Crippen LogP contribution in [0.1, 0.15) is 35.7 Å². The molecule has 2 atom stereocenters. The molecule has 0 aliphatic carbocycles. The first kappa shape index (κ1) is 23.5. The molecule has 0 radical (unpaired) electrons. The quantitative estimate of drug-likeness (QED) is 0.352. The molecule has 1 aromatic rings. The maximum atomic E-state index is 12.6. The third-order valence-corrected chi connectivity index (χ3v) is 5.55. The van der Waals surface area contributed by atoms with E-state index in [9.17, 15) is 29.3 Å². The molecule has 0 unspecified atom stereocenters. The van der Waals surface area contributed by atoms with Crippen molar-refractivity contribution in [1.82, 2.24) is 4.90 Å². The Morgan fingerprint density at radius 1 is 1.28 bits per heavy atom. The number of Topliss-reactive ketones (excluding diaryl/α,β-unsaturated/α-hetero) is 1. The lowest BCUT2D eigenvalue weighted by Crippen LogP contribution is -2.57. The zero-order valence-electron chi connectivity index (χ0n) is 17.7. The highest BCUT2D eigenvalue weighted by atomic mass is 16.5. The van der Waals surface area contributed by atoms with Gasteiger partial charge in [-0.2, -0.15) is 0 Å². The van der Waals surface area contributed by atoms with Gasteiger partial charge in [0.05, 0.1) is 19.1 Å². The van der Waals surface area contributed by atoms with Crippen molar-refractivity contribution < 1.29 is 38.7 Å². The highest BCUT2D eigenvalue weighted by molar-refractivity contribution is 6.44. The topological polar surface area (TPSA) is 182 Å². The number of nitrogens with zero attached hydrogens (tertiary/aromatic N) is 1. The highest BCUT2D eigenvalue weighted by Crippen LogP contribution is 2.37. The largest absolute Gasteiger partial charge is 0.535 e. The van der Waals surface area contributed by atoms with E-state index in [0.717, 1.165) is 0 Å². The van der Waals surface area contributed by atoms with Crippen LogP contribution in [0.25, 0.3) is 0 Å². The van der Waals surface area contributed by atoms with Crippen LogP contribution in [0, 0.1) is 5.92 Å². The van der Waals surface area contributed by atoms with Crippen LogP contribution in [0.15, 0.2) is 12.1 Å². The summed E-state index contributed by atoms with van der Waals surface area (Å²) in [7, 11) is -1.08. The van der Waals surface area contributed by atoms with Crippen LogP contribution in [0.5, 0.6) is 11.5 Å². The van der Waals surface area contributed by atoms with Gasteiger partial charge in [-0.1, -0.05) is 13.0 Å². The van der Waals surface area contributed by atoms with Gasteiger partial charge in [0.2, 0.25) is 11.8 Å². The van der Waals surface area contributed by atoms with E-state index in [1.807, 2.05) is 0 Å². The van der Waals surface area contributed by atoms with Gasteiger partial charge < -0.3 is 35.9 Å². The lowest BCUT2D eigenvalue weighted by atomic mass is 9.78. The second kappa shape index (κ2) is 9.57. The van der Waals surface area contributed by atoms with E-state index in [-0.39, 0.29) is 48.9 Å². The molecule has 2 amide bonds. The number of carboxylic acid groups (broad SMARTS) is 1. The molecule has 3 rings (SSSR count). The summed E-state index contributed by atoms with van der Waals surface area (Å²) in [4.78, 5) is 48.8. The summed E-state index contributed by atoms with van der Waals surface area (Å²) in [6.45, 7) is 2.05. The second-order valence-corrected chi connectivity index (χ2v) is 8.17. The maximum absolute atomic E-state index is 12.6. The van der Waals surface area contributed by atoms with Crippen molar-refractivity contribution >= 4 is 30.7 Å². The minimum atomic E-state index is -1.24. The van der Waals surface area contributed by atoms with E-state index in [1.54, 1.807) is 19.1 Å². The first-order chi connectivity index (χ1) is 15.1. The molecule has 12 heteroatoms. The van der Waals surface area contributed by atoms with E-state index >= 15 is 0 Å². The standard InChI is InChI=1S/C20H26BN3O8/c1-10(6-14(25)13(22)7-16(23)26)19(27)24-8-12(9-24)31-15-3-2-11-4-5-21(30)32-18(11)17(15)20(28)29/h2-3,10,12-13,30H,4-9,22H2,1H3,(H2,23,26)(H,28,29)/t10-,13+/m0/s1. The molecule has 0 saturated carbocycles. The number of carbonyl (C=O) groups excluding carboxylic acids is 3. The number of primary amides is 1. The summed E-state index contributed by atoms with van der Waals surface area (Å²) in [5.41, 5.74) is 11.2. The fourth-order valence-electron chi connectivity index (χ4n) is 3.77. The summed E-state index contributed by atoms with van der Waals surface area (Å²) in [5.74, 6) is -3.03. The Bertz CT molecular complexity index is 934. The Hall–Kier alpha value is -3.12. The zero-order chi connectivity index (χ0) is 23.6. The average Bonchev–Trinajstić information content (AvgIpc) is 2.68. The van der Waals surface area contributed by atoms with Gasteiger partial charge >= 0.3 is 13.1 Å². The monoisotopic (exact) mass is 447 g/mol. The fourth-order valence-corrected chi connectivity index (χ4v) is 3.77. The van der Waals surface area contributed by atoms with Gasteiger partial charge in [-0.25, -0.2) is 4.79 Å². The molecule has 2 aliphatic rings. The Morgan fingerprint density at radius 2 is 1.97 bits per heavy atom. The Labute approximate surface area is 184 Å². The van der Waals surface area contributed by atoms with Crippen molar-refractivity contribution in [2.45, 2.75) is 44.7 Å². The van der Waals surface area contributed by atoms with Gasteiger partial charge in [0.25, 0.3) is 0 Å². The molecule has 1 saturated heterocycles. The maximum Gasteiger partial charge on any atom is 0.522 e. The van der Waals surface area contributed by atoms with Gasteiger partial charge in [0, 0.05) is 18.8 Å². The molecule has 0 bridgehead atoms. The molecule has 11 nitrogen and oxygen atoms in total. The summed E-state index contributed by atoms with van der Waals surface area (Å²) in [5, 5.41) is 19.4. The van der Waals surface area contributed by atoms with Crippen molar-refractivity contribution in [3.8, 4) is 11.5 Å². The van der Waals surface area contributed by atoms with Crippen LogP contribution in [-0.2, 0) is 20.8 Å². The van der Waals surface area contributed by atoms with Crippen molar-refractivity contribution in [1.29, 1.82) is 0 Å². The summed E-state index contributed by atoms with van der Waals surface area (Å²) >= 11 is 0. The van der Waals surface area contributed by atoms with Crippen LogP contribution in [-0.4, -0.2) is 71.0 Å². The van der Waals surface area contributed by atoms with E-state index in [2.05, 4.69) is 0 Å². The normalized spacial score (nSPS) is 17.5. The summed E-state index contributed by atoms with van der Waals surface area (Å²) < 4.78 is 11.1. The smallest absolute Gasteiger partial charge is 0.522 e. The van der Waals surface area contributed by atoms with Crippen molar-refractivity contribution in [2.24, 2.45) is 17.4 Å². The van der Waals surface area contributed by atoms with Crippen molar-refractivity contribution in [3.63, 3.8) is 0 Å². The molecule has 1 fully saturated rings. The number of hydrogen-bond acceptors (Lipinski definition) is 8. The molecular formula is C20H26BN3O8. The number of rotatable bonds is 9. The Balaban J connectivity index is 1.58. The van der Waals surface area contributed by atoms with Crippen LogP contribution < -0.4 is 20.9 Å². The van der Waals surface area contributed by atoms with Gasteiger partial charge in [0.15, 0.2) is 5.78 Å². The molecule has 2 aliphatic heterocycles. The molecular weight excluding hydrogens is 421 g/mol. The number of ketones is 1. The van der Waals surface area contributed by atoms with Crippen molar-refractivity contribution in [2.75, 3.05) is 13.1 Å². The molecule has 1 aromatic carbocycles. The van der Waals surface area contributed by atoms with E-state index in [1.165, 1.54) is 4.90 Å². The Morgan fingerprint density at radius 3 is 2.59 bits per heavy atom. The number of benzene rings is 1. The number of aryl methyl sites for hydroxylation is 1. The molecule has 32 heavy (non-hydrogen) atoms. The number of likely N-dealkylation sites (tertiary alicyclic amines) is 1. The molecule has 2 heterocycles. The van der Waals surface area contributed by atoms with E-state index in [4.69, 9.17) is 20.9 Å². The molecule has 0 aromatic heterocycles. The highest BCUT2D eigenvalue weighted by Gasteiger charge is 2.37. The van der Waals surface area contributed by atoms with E-state index < -0.39 is 42.8 Å². The summed E-state index contributed by atoms with van der Waals surface area (Å²) in [6, 6.07) is 2.22. The van der Waals surface area contributed by atoms with E-state index in [0.29, 0.717) is 18.3 Å². The molecule has 0 spiro atoms. The number of nitrogens with two attached hydrogens (primary N) is 2. The number of carboxylic acids is 1. The number of hydrogen-bond donors (Lipinski definition) is 4. The first-order valence-corrected chi connectivity index (χ1v) is 10.3. The van der Waals surface area contributed by atoms with Gasteiger partial charge in [-0.05, 0) is 24.4 Å². The van der Waals surface area contributed by atoms with Gasteiger partial charge in [-0.3, -0.25) is 14.4 Å². The third-order valence-electron chi connectivity index (χ3n) is 5.55. The molecule has 6 N–H and O–H groups in total. The number of amides is 2. The number of aromatic carboxylic acids is 1. The SMILES string of the molecule is C[C@@H](CC(=O)[C@H](N)CC(N)=O)C(=O)N1CC(Oc2ccc3c(c2C(=O)O)OB(O)CC3)C1. The minimum absolute atomic E-state index is 0.0976. The van der Waals surface area contributed by atoms with Gasteiger partial charge in [-0.15, -0.1) is 0 Å². The first-order valence-electron chi connectivity index (χ1n) is 10.3. The lowest BCUT2D eigenvalue weighted by molar-refractivity contribution is -0.145. The van der Waals surface area contributed by atoms with Crippen molar-refractivity contribution in [3.05, 3.63) is 23.3 Å². The number of carbonyl (C=O) groups is 4. The van der Waals surface area contributed by atoms with Crippen LogP contribution >= 0.6 is 0 Å². The average molecular weight is 447 g/mol. The third kappa shape index (κ3) is 5.20. The lowest BCUT2D eigenvalue weighted by Gasteiger charge is -2.40. The minimum Gasteiger partial charge on any atom is -0.535 e.